The highest BCUT2D eigenvalue weighted by Crippen LogP contribution is 2.42. The van der Waals surface area contributed by atoms with Crippen molar-refractivity contribution in [1.29, 1.82) is 0 Å². The van der Waals surface area contributed by atoms with Gasteiger partial charge in [-0.1, -0.05) is 163 Å². The summed E-state index contributed by atoms with van der Waals surface area (Å²) >= 11 is 0. The first-order chi connectivity index (χ1) is 31.7. The van der Waals surface area contributed by atoms with Crippen LogP contribution in [0.3, 0.4) is 0 Å². The van der Waals surface area contributed by atoms with Gasteiger partial charge in [0.2, 0.25) is 11.8 Å². The predicted molar refractivity (Wildman–Crippen MR) is 283 cm³/mol. The Kier molecular flexibility index (Phi) is 16.5. The molecule has 66 heavy (non-hydrogen) atoms. The molecule has 0 bridgehead atoms. The SMILES string of the molecule is C=C(C)C(=O)NCCCN(Cc1ccccc1C1BCC(C)(C)CC1)Cc1c2ccccc2c(CN(CCCNC(=O)C(=C)C)Cc2ccccc2C2BCC(C)(C)CC2)c2ccccc12. The van der Waals surface area contributed by atoms with E-state index in [1.807, 2.05) is 0 Å². The van der Waals surface area contributed by atoms with Crippen LogP contribution in [-0.2, 0) is 35.8 Å². The molecule has 2 saturated heterocycles. The van der Waals surface area contributed by atoms with E-state index in [1.54, 1.807) is 13.8 Å². The van der Waals surface area contributed by atoms with Crippen LogP contribution in [0.15, 0.2) is 121 Å². The number of benzene rings is 5. The van der Waals surface area contributed by atoms with Crippen LogP contribution in [0.25, 0.3) is 21.5 Å². The number of nitrogens with one attached hydrogen (secondary N) is 2. The zero-order valence-electron chi connectivity index (χ0n) is 41.2. The van der Waals surface area contributed by atoms with Gasteiger partial charge in [0, 0.05) is 63.5 Å². The van der Waals surface area contributed by atoms with E-state index < -0.39 is 0 Å². The molecule has 0 aromatic heterocycles. The van der Waals surface area contributed by atoms with Crippen molar-refractivity contribution in [3.05, 3.63) is 155 Å². The highest BCUT2D eigenvalue weighted by atomic mass is 16.2. The molecule has 346 valence electrons. The molecule has 2 aliphatic rings. The normalized spacial score (nSPS) is 17.9. The van der Waals surface area contributed by atoms with Crippen molar-refractivity contribution in [2.24, 2.45) is 10.8 Å². The molecule has 2 unspecified atom stereocenters. The Morgan fingerprint density at radius 1 is 0.561 bits per heavy atom. The fourth-order valence-electron chi connectivity index (χ4n) is 10.9. The second-order valence-electron chi connectivity index (χ2n) is 21.5. The molecular weight excluding hydrogens is 806 g/mol. The van der Waals surface area contributed by atoms with Crippen molar-refractivity contribution in [2.45, 2.75) is 131 Å². The van der Waals surface area contributed by atoms with E-state index in [1.165, 1.54) is 108 Å². The van der Waals surface area contributed by atoms with Gasteiger partial charge in [0.05, 0.1) is 0 Å². The zero-order chi connectivity index (χ0) is 46.8. The number of rotatable bonds is 20. The first-order valence-corrected chi connectivity index (χ1v) is 25.1. The summed E-state index contributed by atoms with van der Waals surface area (Å²) < 4.78 is 0. The quantitative estimate of drug-likeness (QED) is 0.0354. The summed E-state index contributed by atoms with van der Waals surface area (Å²) in [6.07, 6.45) is 9.20. The third kappa shape index (κ3) is 12.7. The molecule has 6 nitrogen and oxygen atoms in total. The van der Waals surface area contributed by atoms with Gasteiger partial charge in [-0.25, -0.2) is 0 Å². The summed E-state index contributed by atoms with van der Waals surface area (Å²) in [7, 11) is 2.47. The van der Waals surface area contributed by atoms with Crippen LogP contribution in [0.1, 0.15) is 125 Å². The lowest BCUT2D eigenvalue weighted by molar-refractivity contribution is -0.118. The lowest BCUT2D eigenvalue weighted by Crippen LogP contribution is -2.31. The molecule has 0 aliphatic carbocycles. The number of carbonyl (C=O) groups excluding carboxylic acids is 2. The van der Waals surface area contributed by atoms with Gasteiger partial charge in [-0.15, -0.1) is 0 Å². The third-order valence-corrected chi connectivity index (χ3v) is 15.0. The molecule has 2 aliphatic heterocycles. The maximum Gasteiger partial charge on any atom is 0.246 e. The van der Waals surface area contributed by atoms with E-state index in [-0.39, 0.29) is 11.8 Å². The van der Waals surface area contributed by atoms with Crippen LogP contribution >= 0.6 is 0 Å². The first-order valence-electron chi connectivity index (χ1n) is 25.1. The van der Waals surface area contributed by atoms with E-state index in [2.05, 4.69) is 158 Å². The Balaban J connectivity index is 1.23. The summed E-state index contributed by atoms with van der Waals surface area (Å²) in [5.74, 6) is 1.01. The second kappa shape index (κ2) is 22.3. The van der Waals surface area contributed by atoms with E-state index in [0.717, 1.165) is 52.1 Å². The molecule has 5 aromatic rings. The number of fused-ring (bicyclic) bond motifs is 2. The van der Waals surface area contributed by atoms with Gasteiger partial charge >= 0.3 is 0 Å². The lowest BCUT2D eigenvalue weighted by Gasteiger charge is -2.35. The van der Waals surface area contributed by atoms with E-state index in [9.17, 15) is 9.59 Å². The Labute approximate surface area is 398 Å². The molecule has 2 amide bonds. The third-order valence-electron chi connectivity index (χ3n) is 15.0. The molecule has 5 aromatic carbocycles. The average Bonchev–Trinajstić information content (AvgIpc) is 3.30. The van der Waals surface area contributed by atoms with Crippen molar-refractivity contribution in [2.75, 3.05) is 26.2 Å². The number of carbonyl (C=O) groups is 2. The molecule has 2 atom stereocenters. The smallest absolute Gasteiger partial charge is 0.246 e. The molecule has 7 rings (SSSR count). The molecule has 2 heterocycles. The van der Waals surface area contributed by atoms with Gasteiger partial charge < -0.3 is 10.6 Å². The van der Waals surface area contributed by atoms with Gasteiger partial charge in [-0.05, 0) is 117 Å². The van der Waals surface area contributed by atoms with Crippen LogP contribution in [0.4, 0.5) is 0 Å². The molecule has 0 spiro atoms. The number of hydrogen-bond donors (Lipinski definition) is 2. The maximum atomic E-state index is 12.5. The maximum absolute atomic E-state index is 12.5. The van der Waals surface area contributed by atoms with Crippen LogP contribution < -0.4 is 10.6 Å². The van der Waals surface area contributed by atoms with Crippen molar-refractivity contribution in [3.8, 4) is 0 Å². The van der Waals surface area contributed by atoms with Gasteiger partial charge in [0.25, 0.3) is 0 Å². The highest BCUT2D eigenvalue weighted by molar-refractivity contribution is 6.38. The molecule has 0 saturated carbocycles. The second-order valence-corrected chi connectivity index (χ2v) is 21.5. The topological polar surface area (TPSA) is 64.7 Å². The fraction of sp³-hybridized carbons (Fsp3) is 0.448. The van der Waals surface area contributed by atoms with Gasteiger partial charge in [-0.3, -0.25) is 19.4 Å². The Morgan fingerprint density at radius 3 is 1.24 bits per heavy atom. The molecule has 2 N–H and O–H groups in total. The minimum Gasteiger partial charge on any atom is -0.352 e. The first kappa shape index (κ1) is 49.0. The summed E-state index contributed by atoms with van der Waals surface area (Å²) in [5.41, 5.74) is 10.5. The van der Waals surface area contributed by atoms with Crippen molar-refractivity contribution < 1.29 is 9.59 Å². The Hall–Kier alpha value is -4.91. The van der Waals surface area contributed by atoms with Crippen LogP contribution in [-0.4, -0.2) is 62.4 Å². The Bertz CT molecular complexity index is 2260. The lowest BCUT2D eigenvalue weighted by atomic mass is 9.47. The van der Waals surface area contributed by atoms with Gasteiger partial charge in [0.15, 0.2) is 0 Å². The van der Waals surface area contributed by atoms with E-state index >= 15 is 0 Å². The van der Waals surface area contributed by atoms with E-state index in [4.69, 9.17) is 0 Å². The minimum atomic E-state index is -0.0770. The van der Waals surface area contributed by atoms with Crippen LogP contribution in [0.5, 0.6) is 0 Å². The average molecular weight is 883 g/mol. The molecule has 2 fully saturated rings. The number of hydrogen-bond acceptors (Lipinski definition) is 4. The highest BCUT2D eigenvalue weighted by Gasteiger charge is 2.31. The standard InChI is InChI=1S/C58H76B2N4O2/c1-41(2)55(65)61-31-17-33-63(35-43-19-9-11-21-45(43)53-27-29-57(5,6)39-59-53)37-51-47-23-13-15-25-49(47)52(50-26-16-14-24-48(50)51)38-64(34-18-32-62-56(66)42(3)4)36-44-20-10-12-22-46(44)54-28-30-58(7,8)40-60-54/h9-16,19-26,53-54,59-60H,1,3,17-18,27-40H2,2,4-8H3,(H,61,65)(H,62,66). The van der Waals surface area contributed by atoms with Crippen molar-refractivity contribution >= 4 is 47.9 Å². The molecule has 8 heteroatoms. The number of nitrogens with zero attached hydrogens (tertiary/aromatic N) is 2. The largest absolute Gasteiger partial charge is 0.352 e. The van der Waals surface area contributed by atoms with Gasteiger partial charge in [0.1, 0.15) is 14.6 Å². The molecule has 0 radical (unpaired) electrons. The van der Waals surface area contributed by atoms with E-state index in [0.29, 0.717) is 46.7 Å². The van der Waals surface area contributed by atoms with Crippen LogP contribution in [0.2, 0.25) is 12.6 Å². The molecular formula is C58H76B2N4O2. The number of amides is 2. The Morgan fingerprint density at radius 2 is 0.909 bits per heavy atom. The summed E-state index contributed by atoms with van der Waals surface area (Å²) in [5, 5.41) is 11.4. The zero-order valence-corrected chi connectivity index (χ0v) is 41.2. The van der Waals surface area contributed by atoms with Crippen molar-refractivity contribution in [1.82, 2.24) is 20.4 Å². The summed E-state index contributed by atoms with van der Waals surface area (Å²) in [4.78, 5) is 30.3. The van der Waals surface area contributed by atoms with Gasteiger partial charge in [-0.2, -0.15) is 0 Å². The summed E-state index contributed by atoms with van der Waals surface area (Å²) in [6.45, 7) is 27.1. The minimum absolute atomic E-state index is 0.0770. The monoisotopic (exact) mass is 883 g/mol. The summed E-state index contributed by atoms with van der Waals surface area (Å²) in [6, 6.07) is 36.5. The van der Waals surface area contributed by atoms with Crippen molar-refractivity contribution in [3.63, 3.8) is 0 Å². The van der Waals surface area contributed by atoms with Crippen LogP contribution in [0, 0.1) is 10.8 Å². The fourth-order valence-corrected chi connectivity index (χ4v) is 10.9. The predicted octanol–water partition coefficient (Wildman–Crippen LogP) is 11.6.